The van der Waals surface area contributed by atoms with Crippen LogP contribution in [-0.4, -0.2) is 15.0 Å². The average molecular weight is 554 g/mol. The summed E-state index contributed by atoms with van der Waals surface area (Å²) in [5, 5.41) is 2.17. The summed E-state index contributed by atoms with van der Waals surface area (Å²) in [7, 11) is 0. The monoisotopic (exact) mass is 553 g/mol. The van der Waals surface area contributed by atoms with Crippen molar-refractivity contribution >= 4 is 37.9 Å². The number of furan rings is 1. The molecule has 0 fully saturated rings. The van der Waals surface area contributed by atoms with E-state index in [4.69, 9.17) is 19.4 Å². The van der Waals surface area contributed by atoms with Gasteiger partial charge in [-0.15, -0.1) is 0 Å². The Morgan fingerprint density at radius 3 is 1.76 bits per heavy atom. The van der Waals surface area contributed by atoms with E-state index in [2.05, 4.69) is 70.5 Å². The van der Waals surface area contributed by atoms with Gasteiger partial charge in [0.25, 0.3) is 0 Å². The van der Waals surface area contributed by atoms with Crippen LogP contribution in [-0.2, 0) is 0 Å². The third-order valence-corrected chi connectivity index (χ3v) is 7.10. The number of aromatic nitrogens is 3. The Balaban J connectivity index is 1.35. The molecule has 0 atom stereocenters. The molecular formula is C33H20BrN3O. The summed E-state index contributed by atoms with van der Waals surface area (Å²) < 4.78 is 7.18. The van der Waals surface area contributed by atoms with E-state index in [9.17, 15) is 0 Å². The summed E-state index contributed by atoms with van der Waals surface area (Å²) >= 11 is 3.56. The highest BCUT2D eigenvalue weighted by molar-refractivity contribution is 9.10. The maximum Gasteiger partial charge on any atom is 0.164 e. The first kappa shape index (κ1) is 22.6. The zero-order chi connectivity index (χ0) is 25.5. The number of nitrogens with zero attached hydrogens (tertiary/aromatic N) is 3. The number of hydrogen-bond donors (Lipinski definition) is 0. The minimum Gasteiger partial charge on any atom is -0.456 e. The molecule has 0 saturated heterocycles. The molecule has 180 valence electrons. The van der Waals surface area contributed by atoms with Gasteiger partial charge in [-0.25, -0.2) is 15.0 Å². The van der Waals surface area contributed by atoms with Gasteiger partial charge in [-0.3, -0.25) is 0 Å². The number of fused-ring (bicyclic) bond motifs is 3. The highest BCUT2D eigenvalue weighted by Crippen LogP contribution is 2.33. The molecular weight excluding hydrogens is 534 g/mol. The van der Waals surface area contributed by atoms with Crippen LogP contribution >= 0.6 is 15.9 Å². The standard InChI is InChI=1S/C33H20BrN3O/c34-26-10-6-9-24(19-26)21-13-15-23(16-14-21)32-35-31(22-7-2-1-3-8-22)36-33(37-32)25-17-18-28-27-11-4-5-12-29(27)38-30(28)20-25/h1-20H. The van der Waals surface area contributed by atoms with Gasteiger partial charge in [0.2, 0.25) is 0 Å². The zero-order valence-corrected chi connectivity index (χ0v) is 21.8. The summed E-state index contributed by atoms with van der Waals surface area (Å²) in [6, 6.07) is 40.8. The second-order valence-electron chi connectivity index (χ2n) is 9.07. The van der Waals surface area contributed by atoms with Gasteiger partial charge in [-0.1, -0.05) is 107 Å². The zero-order valence-electron chi connectivity index (χ0n) is 20.2. The average Bonchev–Trinajstić information content (AvgIpc) is 3.35. The largest absolute Gasteiger partial charge is 0.456 e. The molecule has 0 spiro atoms. The van der Waals surface area contributed by atoms with Crippen LogP contribution in [0.2, 0.25) is 0 Å². The summed E-state index contributed by atoms with van der Waals surface area (Å²) in [4.78, 5) is 14.6. The van der Waals surface area contributed by atoms with Crippen molar-refractivity contribution in [3.8, 4) is 45.3 Å². The lowest BCUT2D eigenvalue weighted by Gasteiger charge is -2.09. The Labute approximate surface area is 227 Å². The van der Waals surface area contributed by atoms with Crippen molar-refractivity contribution in [2.75, 3.05) is 0 Å². The molecule has 4 nitrogen and oxygen atoms in total. The van der Waals surface area contributed by atoms with Gasteiger partial charge in [0, 0.05) is 31.9 Å². The molecule has 7 rings (SSSR count). The Bertz CT molecular complexity index is 1930. The third kappa shape index (κ3) is 4.17. The second kappa shape index (κ2) is 9.36. The second-order valence-corrected chi connectivity index (χ2v) is 9.98. The van der Waals surface area contributed by atoms with Crippen LogP contribution < -0.4 is 0 Å². The number of hydrogen-bond acceptors (Lipinski definition) is 4. The van der Waals surface area contributed by atoms with Gasteiger partial charge in [0.15, 0.2) is 17.5 Å². The van der Waals surface area contributed by atoms with E-state index in [0.717, 1.165) is 54.2 Å². The summed E-state index contributed by atoms with van der Waals surface area (Å²) in [6.45, 7) is 0. The van der Waals surface area contributed by atoms with E-state index < -0.39 is 0 Å². The van der Waals surface area contributed by atoms with Crippen LogP contribution in [0.5, 0.6) is 0 Å². The van der Waals surface area contributed by atoms with Crippen molar-refractivity contribution in [1.29, 1.82) is 0 Å². The minimum atomic E-state index is 0.604. The SMILES string of the molecule is Brc1cccc(-c2ccc(-c3nc(-c4ccccc4)nc(-c4ccc5c(c4)oc4ccccc45)n3)cc2)c1. The van der Waals surface area contributed by atoms with Crippen molar-refractivity contribution < 1.29 is 4.42 Å². The first-order valence-electron chi connectivity index (χ1n) is 12.3. The quantitative estimate of drug-likeness (QED) is 0.218. The lowest BCUT2D eigenvalue weighted by molar-refractivity contribution is 0.669. The third-order valence-electron chi connectivity index (χ3n) is 6.61. The molecule has 0 saturated carbocycles. The fourth-order valence-corrected chi connectivity index (χ4v) is 5.09. The number of rotatable bonds is 4. The Hall–Kier alpha value is -4.61. The fraction of sp³-hybridized carbons (Fsp3) is 0. The molecule has 2 aromatic heterocycles. The molecule has 0 aliphatic rings. The molecule has 5 heteroatoms. The molecule has 38 heavy (non-hydrogen) atoms. The molecule has 0 aliphatic carbocycles. The van der Waals surface area contributed by atoms with Crippen LogP contribution in [0, 0.1) is 0 Å². The number of halogens is 1. The first-order chi connectivity index (χ1) is 18.7. The molecule has 0 bridgehead atoms. The van der Waals surface area contributed by atoms with E-state index in [1.807, 2.05) is 66.7 Å². The Morgan fingerprint density at radius 2 is 1.00 bits per heavy atom. The normalized spacial score (nSPS) is 11.3. The smallest absolute Gasteiger partial charge is 0.164 e. The fourth-order valence-electron chi connectivity index (χ4n) is 4.70. The van der Waals surface area contributed by atoms with Crippen LogP contribution in [0.1, 0.15) is 0 Å². The predicted molar refractivity (Wildman–Crippen MR) is 157 cm³/mol. The van der Waals surface area contributed by atoms with E-state index in [0.29, 0.717) is 17.5 Å². The van der Waals surface area contributed by atoms with E-state index in [1.54, 1.807) is 0 Å². The highest BCUT2D eigenvalue weighted by Gasteiger charge is 2.14. The van der Waals surface area contributed by atoms with Crippen LogP contribution in [0.25, 0.3) is 67.2 Å². The van der Waals surface area contributed by atoms with Gasteiger partial charge in [-0.2, -0.15) is 0 Å². The van der Waals surface area contributed by atoms with Crippen molar-refractivity contribution in [3.05, 3.63) is 126 Å². The van der Waals surface area contributed by atoms with Gasteiger partial charge in [0.05, 0.1) is 0 Å². The maximum atomic E-state index is 6.13. The van der Waals surface area contributed by atoms with Crippen LogP contribution in [0.4, 0.5) is 0 Å². The summed E-state index contributed by atoms with van der Waals surface area (Å²) in [5.41, 5.74) is 6.69. The van der Waals surface area contributed by atoms with Gasteiger partial charge in [-0.05, 0) is 41.5 Å². The van der Waals surface area contributed by atoms with E-state index in [-0.39, 0.29) is 0 Å². The van der Waals surface area contributed by atoms with Crippen LogP contribution in [0.15, 0.2) is 130 Å². The van der Waals surface area contributed by atoms with Gasteiger partial charge < -0.3 is 4.42 Å². The Kier molecular flexibility index (Phi) is 5.56. The lowest BCUT2D eigenvalue weighted by Crippen LogP contribution is -2.00. The highest BCUT2D eigenvalue weighted by atomic mass is 79.9. The number of para-hydroxylation sites is 1. The first-order valence-corrected chi connectivity index (χ1v) is 13.1. The minimum absolute atomic E-state index is 0.604. The summed E-state index contributed by atoms with van der Waals surface area (Å²) in [5.74, 6) is 1.86. The molecule has 0 N–H and O–H groups in total. The Morgan fingerprint density at radius 1 is 0.421 bits per heavy atom. The molecule has 0 unspecified atom stereocenters. The van der Waals surface area contributed by atoms with Crippen molar-refractivity contribution in [2.24, 2.45) is 0 Å². The molecule has 0 amide bonds. The lowest BCUT2D eigenvalue weighted by atomic mass is 10.0. The van der Waals surface area contributed by atoms with Crippen molar-refractivity contribution in [1.82, 2.24) is 15.0 Å². The van der Waals surface area contributed by atoms with Gasteiger partial charge >= 0.3 is 0 Å². The molecule has 0 aliphatic heterocycles. The molecule has 5 aromatic carbocycles. The predicted octanol–water partition coefficient (Wildman–Crippen LogP) is 9.20. The van der Waals surface area contributed by atoms with Crippen molar-refractivity contribution in [3.63, 3.8) is 0 Å². The topological polar surface area (TPSA) is 51.8 Å². The number of benzene rings is 5. The van der Waals surface area contributed by atoms with Gasteiger partial charge in [0.1, 0.15) is 11.2 Å². The van der Waals surface area contributed by atoms with E-state index >= 15 is 0 Å². The van der Waals surface area contributed by atoms with Crippen molar-refractivity contribution in [2.45, 2.75) is 0 Å². The molecule has 2 heterocycles. The van der Waals surface area contributed by atoms with Crippen LogP contribution in [0.3, 0.4) is 0 Å². The molecule has 7 aromatic rings. The summed E-state index contributed by atoms with van der Waals surface area (Å²) in [6.07, 6.45) is 0. The maximum absolute atomic E-state index is 6.13. The van der Waals surface area contributed by atoms with E-state index in [1.165, 1.54) is 0 Å². The molecule has 0 radical (unpaired) electrons.